The van der Waals surface area contributed by atoms with E-state index < -0.39 is 0 Å². The zero-order chi connectivity index (χ0) is 12.8. The molecule has 0 spiro atoms. The third kappa shape index (κ3) is 2.68. The van der Waals surface area contributed by atoms with Crippen molar-refractivity contribution in [3.05, 3.63) is 35.4 Å². The van der Waals surface area contributed by atoms with E-state index in [-0.39, 0.29) is 6.04 Å². The number of piperazine rings is 1. The van der Waals surface area contributed by atoms with Gasteiger partial charge in [-0.05, 0) is 11.6 Å². The van der Waals surface area contributed by atoms with Crippen LogP contribution in [0.1, 0.15) is 23.6 Å². The lowest BCUT2D eigenvalue weighted by Crippen LogP contribution is -2.45. The molecule has 0 bridgehead atoms. The second-order valence-electron chi connectivity index (χ2n) is 4.36. The average Bonchev–Trinajstić information content (AvgIpc) is 2.46. The lowest BCUT2D eigenvalue weighted by atomic mass is 9.97. The van der Waals surface area contributed by atoms with Crippen LogP contribution in [0.15, 0.2) is 24.3 Å². The Balaban J connectivity index is 2.29. The zero-order valence-electron chi connectivity index (χ0n) is 10.3. The maximum absolute atomic E-state index is 9.17. The van der Waals surface area contributed by atoms with Crippen molar-refractivity contribution in [3.63, 3.8) is 0 Å². The highest BCUT2D eigenvalue weighted by Crippen LogP contribution is 2.26. The molecule has 1 aliphatic rings. The van der Waals surface area contributed by atoms with Crippen molar-refractivity contribution in [2.24, 2.45) is 0 Å². The number of rotatable bonds is 3. The highest BCUT2D eigenvalue weighted by molar-refractivity contribution is 5.39. The van der Waals surface area contributed by atoms with Gasteiger partial charge in [0.05, 0.1) is 24.1 Å². The minimum Gasteiger partial charge on any atom is -0.314 e. The molecule has 2 rings (SSSR count). The van der Waals surface area contributed by atoms with E-state index >= 15 is 0 Å². The van der Waals surface area contributed by atoms with Gasteiger partial charge in [0.15, 0.2) is 0 Å². The Morgan fingerprint density at radius 3 is 2.61 bits per heavy atom. The van der Waals surface area contributed by atoms with E-state index in [9.17, 15) is 5.26 Å². The Morgan fingerprint density at radius 2 is 1.94 bits per heavy atom. The van der Waals surface area contributed by atoms with Crippen molar-refractivity contribution in [2.45, 2.75) is 12.5 Å². The normalized spacial score (nSPS) is 17.7. The fourth-order valence-electron chi connectivity index (χ4n) is 2.41. The molecule has 1 saturated heterocycles. The van der Waals surface area contributed by atoms with Gasteiger partial charge in [0.2, 0.25) is 0 Å². The van der Waals surface area contributed by atoms with Crippen molar-refractivity contribution in [1.29, 1.82) is 10.5 Å². The molecule has 1 atom stereocenters. The fraction of sp³-hybridized carbons (Fsp3) is 0.429. The maximum atomic E-state index is 9.17. The molecule has 1 aromatic rings. The van der Waals surface area contributed by atoms with Crippen molar-refractivity contribution in [3.8, 4) is 12.1 Å². The Labute approximate surface area is 107 Å². The molecule has 4 nitrogen and oxygen atoms in total. The van der Waals surface area contributed by atoms with Crippen LogP contribution in [-0.4, -0.2) is 31.1 Å². The van der Waals surface area contributed by atoms with Gasteiger partial charge in [-0.1, -0.05) is 18.2 Å². The number of benzene rings is 1. The van der Waals surface area contributed by atoms with Gasteiger partial charge >= 0.3 is 0 Å². The van der Waals surface area contributed by atoms with Crippen LogP contribution in [0.5, 0.6) is 0 Å². The summed E-state index contributed by atoms with van der Waals surface area (Å²) in [5.74, 6) is 0. The Morgan fingerprint density at radius 1 is 1.22 bits per heavy atom. The van der Waals surface area contributed by atoms with E-state index in [2.05, 4.69) is 22.4 Å². The highest BCUT2D eigenvalue weighted by atomic mass is 15.2. The molecule has 1 fully saturated rings. The quantitative estimate of drug-likeness (QED) is 0.868. The van der Waals surface area contributed by atoms with Crippen LogP contribution in [0.3, 0.4) is 0 Å². The van der Waals surface area contributed by atoms with Gasteiger partial charge in [-0.2, -0.15) is 10.5 Å². The minimum absolute atomic E-state index is 0.0351. The van der Waals surface area contributed by atoms with Crippen molar-refractivity contribution >= 4 is 0 Å². The third-order valence-electron chi connectivity index (χ3n) is 3.32. The fourth-order valence-corrected chi connectivity index (χ4v) is 2.41. The summed E-state index contributed by atoms with van der Waals surface area (Å²) in [6.07, 6.45) is 0.429. The van der Waals surface area contributed by atoms with Crippen molar-refractivity contribution < 1.29 is 0 Å². The van der Waals surface area contributed by atoms with Gasteiger partial charge in [0.1, 0.15) is 0 Å². The molecule has 0 amide bonds. The monoisotopic (exact) mass is 240 g/mol. The Hall–Kier alpha value is -1.88. The Bertz CT molecular complexity index is 477. The molecule has 0 radical (unpaired) electrons. The SMILES string of the molecule is N#CC[C@@H](c1ccccc1C#N)N1CCNCC1. The molecule has 4 heteroatoms. The van der Waals surface area contributed by atoms with Gasteiger partial charge in [-0.25, -0.2) is 0 Å². The lowest BCUT2D eigenvalue weighted by molar-refractivity contribution is 0.175. The molecular weight excluding hydrogens is 224 g/mol. The van der Waals surface area contributed by atoms with Crippen molar-refractivity contribution in [1.82, 2.24) is 10.2 Å². The summed E-state index contributed by atoms with van der Waals surface area (Å²) >= 11 is 0. The number of nitrogens with zero attached hydrogens (tertiary/aromatic N) is 3. The van der Waals surface area contributed by atoms with Crippen LogP contribution < -0.4 is 5.32 Å². The molecule has 18 heavy (non-hydrogen) atoms. The van der Waals surface area contributed by atoms with Crippen LogP contribution in [0, 0.1) is 22.7 Å². The van der Waals surface area contributed by atoms with Gasteiger partial charge in [0.25, 0.3) is 0 Å². The predicted molar refractivity (Wildman–Crippen MR) is 68.6 cm³/mol. The number of hydrogen-bond acceptors (Lipinski definition) is 4. The van der Waals surface area contributed by atoms with Gasteiger partial charge in [-0.15, -0.1) is 0 Å². The largest absolute Gasteiger partial charge is 0.314 e. The Kier molecular flexibility index (Phi) is 4.30. The summed E-state index contributed by atoms with van der Waals surface area (Å²) in [5.41, 5.74) is 1.65. The molecule has 1 aliphatic heterocycles. The molecule has 1 aromatic carbocycles. The molecule has 0 saturated carbocycles. The summed E-state index contributed by atoms with van der Waals surface area (Å²) in [5, 5.41) is 21.5. The van der Waals surface area contributed by atoms with E-state index in [1.165, 1.54) is 0 Å². The number of nitriles is 2. The lowest BCUT2D eigenvalue weighted by Gasteiger charge is -2.34. The second kappa shape index (κ2) is 6.16. The van der Waals surface area contributed by atoms with Gasteiger partial charge in [-0.3, -0.25) is 4.90 Å². The van der Waals surface area contributed by atoms with Crippen LogP contribution in [0.2, 0.25) is 0 Å². The topological polar surface area (TPSA) is 62.9 Å². The third-order valence-corrected chi connectivity index (χ3v) is 3.32. The van der Waals surface area contributed by atoms with Crippen LogP contribution >= 0.6 is 0 Å². The van der Waals surface area contributed by atoms with Crippen LogP contribution in [0.25, 0.3) is 0 Å². The van der Waals surface area contributed by atoms with E-state index in [1.54, 1.807) is 0 Å². The van der Waals surface area contributed by atoms with Crippen molar-refractivity contribution in [2.75, 3.05) is 26.2 Å². The summed E-state index contributed by atoms with van der Waals surface area (Å²) < 4.78 is 0. The average molecular weight is 240 g/mol. The summed E-state index contributed by atoms with van der Waals surface area (Å²) in [6, 6.07) is 12.1. The number of hydrogen-bond donors (Lipinski definition) is 1. The molecule has 1 N–H and O–H groups in total. The molecule has 0 unspecified atom stereocenters. The first-order valence-electron chi connectivity index (χ1n) is 6.17. The minimum atomic E-state index is 0.0351. The molecule has 92 valence electrons. The summed E-state index contributed by atoms with van der Waals surface area (Å²) in [4.78, 5) is 2.29. The summed E-state index contributed by atoms with van der Waals surface area (Å²) in [6.45, 7) is 3.73. The molecule has 0 aromatic heterocycles. The first-order valence-corrected chi connectivity index (χ1v) is 6.17. The first kappa shape index (κ1) is 12.6. The van der Waals surface area contributed by atoms with Gasteiger partial charge in [0, 0.05) is 32.2 Å². The zero-order valence-corrected chi connectivity index (χ0v) is 10.3. The highest BCUT2D eigenvalue weighted by Gasteiger charge is 2.23. The van der Waals surface area contributed by atoms with E-state index in [4.69, 9.17) is 5.26 Å². The first-order chi connectivity index (χ1) is 8.86. The van der Waals surface area contributed by atoms with E-state index in [0.717, 1.165) is 31.7 Å². The molecule has 0 aliphatic carbocycles. The summed E-state index contributed by atoms with van der Waals surface area (Å²) in [7, 11) is 0. The smallest absolute Gasteiger partial charge is 0.0995 e. The second-order valence-corrected chi connectivity index (χ2v) is 4.36. The molecule has 1 heterocycles. The maximum Gasteiger partial charge on any atom is 0.0995 e. The van der Waals surface area contributed by atoms with E-state index in [1.807, 2.05) is 24.3 Å². The van der Waals surface area contributed by atoms with E-state index in [0.29, 0.717) is 12.0 Å². The predicted octanol–water partition coefficient (Wildman–Crippen LogP) is 1.42. The van der Waals surface area contributed by atoms with Gasteiger partial charge < -0.3 is 5.32 Å². The van der Waals surface area contributed by atoms with Crippen LogP contribution in [-0.2, 0) is 0 Å². The molecular formula is C14H16N4. The standard InChI is InChI=1S/C14H16N4/c15-6-5-14(18-9-7-17-8-10-18)13-4-2-1-3-12(13)11-16/h1-4,14,17H,5,7-10H2/t14-/m0/s1. The number of nitrogens with one attached hydrogen (secondary N) is 1. The van der Waals surface area contributed by atoms with Crippen LogP contribution in [0.4, 0.5) is 0 Å².